The topological polar surface area (TPSA) is 20.2 Å². The summed E-state index contributed by atoms with van der Waals surface area (Å²) in [5, 5.41) is 9.97. The van der Waals surface area contributed by atoms with E-state index in [2.05, 4.69) is 0 Å². The zero-order chi connectivity index (χ0) is 10.7. The average molecular weight is 208 g/mol. The largest absolute Gasteiger partial charge is 0.392 e. The molecule has 2 rings (SSSR count). The maximum atomic E-state index is 13.1. The molecule has 2 atom stereocenters. The molecule has 1 aromatic carbocycles. The van der Waals surface area contributed by atoms with E-state index >= 15 is 0 Å². The van der Waals surface area contributed by atoms with Crippen LogP contribution in [0.1, 0.15) is 43.6 Å². The van der Waals surface area contributed by atoms with Gasteiger partial charge in [-0.05, 0) is 30.5 Å². The molecule has 1 aromatic rings. The van der Waals surface area contributed by atoms with Crippen LogP contribution in [0, 0.1) is 5.82 Å². The van der Waals surface area contributed by atoms with Gasteiger partial charge in [-0.3, -0.25) is 0 Å². The quantitative estimate of drug-likeness (QED) is 0.702. The molecule has 1 nitrogen and oxygen atoms in total. The minimum Gasteiger partial charge on any atom is -0.392 e. The second kappa shape index (κ2) is 4.75. The van der Waals surface area contributed by atoms with Gasteiger partial charge in [0.05, 0.1) is 6.10 Å². The maximum absolute atomic E-state index is 13.1. The van der Waals surface area contributed by atoms with Gasteiger partial charge in [0.1, 0.15) is 5.82 Å². The van der Waals surface area contributed by atoms with Crippen LogP contribution < -0.4 is 0 Å². The fraction of sp³-hybridized carbons (Fsp3) is 0.538. The molecular formula is C13H17FO. The van der Waals surface area contributed by atoms with Crippen LogP contribution in [0.25, 0.3) is 0 Å². The van der Waals surface area contributed by atoms with Crippen LogP contribution in [-0.2, 0) is 0 Å². The lowest BCUT2D eigenvalue weighted by Gasteiger charge is -2.20. The van der Waals surface area contributed by atoms with Crippen molar-refractivity contribution in [2.45, 2.75) is 44.1 Å². The van der Waals surface area contributed by atoms with Crippen LogP contribution in [0.5, 0.6) is 0 Å². The van der Waals surface area contributed by atoms with Crippen molar-refractivity contribution >= 4 is 0 Å². The third-order valence-corrected chi connectivity index (χ3v) is 3.26. The highest BCUT2D eigenvalue weighted by Gasteiger charge is 2.23. The van der Waals surface area contributed by atoms with Crippen molar-refractivity contribution in [2.24, 2.45) is 0 Å². The summed E-state index contributed by atoms with van der Waals surface area (Å²) in [6.07, 6.45) is 4.94. The van der Waals surface area contributed by atoms with Crippen molar-refractivity contribution in [1.29, 1.82) is 0 Å². The third kappa shape index (κ3) is 2.57. The number of aliphatic hydroxyl groups excluding tert-OH is 1. The van der Waals surface area contributed by atoms with Gasteiger partial charge in [-0.15, -0.1) is 0 Å². The molecule has 0 aliphatic heterocycles. The third-order valence-electron chi connectivity index (χ3n) is 3.26. The Morgan fingerprint density at radius 1 is 1.13 bits per heavy atom. The summed E-state index contributed by atoms with van der Waals surface area (Å²) in [5.74, 6) is -0.0767. The molecule has 0 radical (unpaired) electrons. The van der Waals surface area contributed by atoms with Crippen molar-refractivity contribution in [3.63, 3.8) is 0 Å². The van der Waals surface area contributed by atoms with Gasteiger partial charge in [0.25, 0.3) is 0 Å². The first-order chi connectivity index (χ1) is 7.27. The molecule has 0 bridgehead atoms. The van der Waals surface area contributed by atoms with Crippen LogP contribution >= 0.6 is 0 Å². The molecule has 1 fully saturated rings. The van der Waals surface area contributed by atoms with Crippen molar-refractivity contribution in [3.8, 4) is 0 Å². The summed E-state index contributed by atoms with van der Waals surface area (Å²) in [4.78, 5) is 0. The fourth-order valence-corrected chi connectivity index (χ4v) is 2.41. The highest BCUT2D eigenvalue weighted by molar-refractivity contribution is 5.22. The molecule has 2 heteroatoms. The highest BCUT2D eigenvalue weighted by Crippen LogP contribution is 2.32. The highest BCUT2D eigenvalue weighted by atomic mass is 19.1. The molecule has 1 saturated carbocycles. The minimum absolute atomic E-state index is 0.128. The number of hydrogen-bond donors (Lipinski definition) is 1. The number of halogens is 1. The summed E-state index contributed by atoms with van der Waals surface area (Å²) >= 11 is 0. The summed E-state index contributed by atoms with van der Waals surface area (Å²) < 4.78 is 13.1. The summed E-state index contributed by atoms with van der Waals surface area (Å²) in [7, 11) is 0. The van der Waals surface area contributed by atoms with E-state index in [-0.39, 0.29) is 17.8 Å². The van der Waals surface area contributed by atoms with E-state index in [4.69, 9.17) is 0 Å². The predicted molar refractivity (Wildman–Crippen MR) is 58.2 cm³/mol. The second-order valence-electron chi connectivity index (χ2n) is 4.37. The number of rotatable bonds is 1. The SMILES string of the molecule is OC1CCCCCC1c1cccc(F)c1. The molecule has 82 valence electrons. The smallest absolute Gasteiger partial charge is 0.123 e. The molecular weight excluding hydrogens is 191 g/mol. The Balaban J connectivity index is 2.20. The van der Waals surface area contributed by atoms with Crippen LogP contribution in [-0.4, -0.2) is 11.2 Å². The van der Waals surface area contributed by atoms with E-state index in [0.29, 0.717) is 0 Å². The van der Waals surface area contributed by atoms with E-state index in [0.717, 1.165) is 31.2 Å². The lowest BCUT2D eigenvalue weighted by molar-refractivity contribution is 0.135. The summed E-state index contributed by atoms with van der Waals surface area (Å²) in [6, 6.07) is 6.65. The lowest BCUT2D eigenvalue weighted by Crippen LogP contribution is -2.16. The number of hydrogen-bond acceptors (Lipinski definition) is 1. The van der Waals surface area contributed by atoms with Crippen molar-refractivity contribution < 1.29 is 9.50 Å². The molecule has 0 heterocycles. The van der Waals surface area contributed by atoms with Crippen molar-refractivity contribution in [3.05, 3.63) is 35.6 Å². The lowest BCUT2D eigenvalue weighted by atomic mass is 9.89. The molecule has 0 saturated heterocycles. The van der Waals surface area contributed by atoms with Gasteiger partial charge in [0, 0.05) is 5.92 Å². The van der Waals surface area contributed by atoms with Gasteiger partial charge < -0.3 is 5.11 Å². The van der Waals surface area contributed by atoms with Crippen molar-refractivity contribution in [2.75, 3.05) is 0 Å². The van der Waals surface area contributed by atoms with Crippen LogP contribution in [0.2, 0.25) is 0 Å². The Morgan fingerprint density at radius 2 is 1.93 bits per heavy atom. The van der Waals surface area contributed by atoms with E-state index in [1.165, 1.54) is 12.5 Å². The number of benzene rings is 1. The first-order valence-corrected chi connectivity index (χ1v) is 5.71. The zero-order valence-corrected chi connectivity index (χ0v) is 8.82. The van der Waals surface area contributed by atoms with Gasteiger partial charge >= 0.3 is 0 Å². The van der Waals surface area contributed by atoms with Crippen LogP contribution in [0.15, 0.2) is 24.3 Å². The standard InChI is InChI=1S/C13H17FO/c14-11-6-4-5-10(9-11)12-7-2-1-3-8-13(12)15/h4-6,9,12-13,15H,1-3,7-8H2. The first-order valence-electron chi connectivity index (χ1n) is 5.71. The van der Waals surface area contributed by atoms with Crippen molar-refractivity contribution in [1.82, 2.24) is 0 Å². The molecule has 0 spiro atoms. The molecule has 0 aromatic heterocycles. The van der Waals surface area contributed by atoms with E-state index in [9.17, 15) is 9.50 Å². The van der Waals surface area contributed by atoms with E-state index < -0.39 is 0 Å². The molecule has 1 aliphatic carbocycles. The summed E-state index contributed by atoms with van der Waals surface area (Å²) in [6.45, 7) is 0. The van der Waals surface area contributed by atoms with Gasteiger partial charge in [-0.1, -0.05) is 31.4 Å². The molecule has 1 aliphatic rings. The van der Waals surface area contributed by atoms with E-state index in [1.54, 1.807) is 12.1 Å². The molecule has 0 amide bonds. The van der Waals surface area contributed by atoms with Crippen LogP contribution in [0.4, 0.5) is 4.39 Å². The summed E-state index contributed by atoms with van der Waals surface area (Å²) in [5.41, 5.74) is 0.949. The molecule has 15 heavy (non-hydrogen) atoms. The Morgan fingerprint density at radius 3 is 2.73 bits per heavy atom. The maximum Gasteiger partial charge on any atom is 0.123 e. The Bertz CT molecular complexity index is 324. The average Bonchev–Trinajstić information content (AvgIpc) is 2.43. The van der Waals surface area contributed by atoms with Gasteiger partial charge in [0.2, 0.25) is 0 Å². The Kier molecular flexibility index (Phi) is 3.37. The van der Waals surface area contributed by atoms with Gasteiger partial charge in [-0.2, -0.15) is 0 Å². The fourth-order valence-electron chi connectivity index (χ4n) is 2.41. The van der Waals surface area contributed by atoms with Crippen LogP contribution in [0.3, 0.4) is 0 Å². The first kappa shape index (κ1) is 10.6. The normalized spacial score (nSPS) is 27.3. The second-order valence-corrected chi connectivity index (χ2v) is 4.37. The zero-order valence-electron chi connectivity index (χ0n) is 8.82. The van der Waals surface area contributed by atoms with Gasteiger partial charge in [-0.25, -0.2) is 4.39 Å². The monoisotopic (exact) mass is 208 g/mol. The number of aliphatic hydroxyl groups is 1. The predicted octanol–water partition coefficient (Wildman–Crippen LogP) is 3.23. The van der Waals surface area contributed by atoms with E-state index in [1.807, 2.05) is 6.07 Å². The Labute approximate surface area is 89.9 Å². The minimum atomic E-state index is -0.297. The molecule has 1 N–H and O–H groups in total. The molecule has 2 unspecified atom stereocenters. The Hall–Kier alpha value is -0.890. The van der Waals surface area contributed by atoms with Gasteiger partial charge in [0.15, 0.2) is 0 Å².